The Morgan fingerprint density at radius 3 is 2.56 bits per heavy atom. The van der Waals surface area contributed by atoms with Crippen molar-refractivity contribution in [3.8, 4) is 5.75 Å². The van der Waals surface area contributed by atoms with Gasteiger partial charge in [0.05, 0.1) is 6.61 Å². The van der Waals surface area contributed by atoms with Crippen LogP contribution in [-0.4, -0.2) is 26.6 Å². The monoisotopic (exact) mass is 263 g/mol. The maximum absolute atomic E-state index is 11.7. The van der Waals surface area contributed by atoms with Gasteiger partial charge in [0, 0.05) is 12.1 Å². The number of hydrogen-bond acceptors (Lipinski definition) is 3. The van der Waals surface area contributed by atoms with Gasteiger partial charge in [-0.2, -0.15) is 0 Å². The lowest BCUT2D eigenvalue weighted by atomic mass is 10.1. The number of benzene rings is 1. The molecule has 3 nitrogen and oxygen atoms in total. The molecule has 0 unspecified atom stereocenters. The first-order valence-corrected chi connectivity index (χ1v) is 5.50. The minimum atomic E-state index is -4.61. The summed E-state index contributed by atoms with van der Waals surface area (Å²) >= 11 is 0. The lowest BCUT2D eigenvalue weighted by Crippen LogP contribution is -2.18. The van der Waals surface area contributed by atoms with Gasteiger partial charge in [-0.1, -0.05) is 17.7 Å². The molecule has 0 spiro atoms. The van der Waals surface area contributed by atoms with Crippen molar-refractivity contribution in [1.29, 1.82) is 0 Å². The lowest BCUT2D eigenvalue weighted by Gasteiger charge is -2.13. The fourth-order valence-corrected chi connectivity index (χ4v) is 1.49. The number of alkyl halides is 3. The number of rotatable bonds is 6. The molecule has 6 heteroatoms. The van der Waals surface area contributed by atoms with Gasteiger partial charge in [-0.3, -0.25) is 4.74 Å². The molecular formula is C12H16F3NO2. The summed E-state index contributed by atoms with van der Waals surface area (Å²) in [6, 6.07) is 5.52. The zero-order valence-corrected chi connectivity index (χ0v) is 10.3. The molecule has 1 aromatic carbocycles. The summed E-state index contributed by atoms with van der Waals surface area (Å²) in [4.78, 5) is 0. The summed E-state index contributed by atoms with van der Waals surface area (Å²) in [5, 5.41) is 2.98. The molecule has 0 amide bonds. The van der Waals surface area contributed by atoms with E-state index in [1.54, 1.807) is 13.1 Å². The molecule has 0 fully saturated rings. The van der Waals surface area contributed by atoms with Crippen LogP contribution in [0.2, 0.25) is 0 Å². The molecule has 0 heterocycles. The first kappa shape index (κ1) is 14.8. The van der Waals surface area contributed by atoms with Crippen molar-refractivity contribution in [2.45, 2.75) is 19.8 Å². The van der Waals surface area contributed by atoms with Gasteiger partial charge >= 0.3 is 6.36 Å². The van der Waals surface area contributed by atoms with Crippen LogP contribution >= 0.6 is 0 Å². The highest BCUT2D eigenvalue weighted by Gasteiger charge is 2.28. The quantitative estimate of drug-likeness (QED) is 0.800. The second-order valence-electron chi connectivity index (χ2n) is 3.78. The van der Waals surface area contributed by atoms with E-state index in [2.05, 4.69) is 10.1 Å². The van der Waals surface area contributed by atoms with E-state index in [4.69, 9.17) is 4.74 Å². The third kappa shape index (κ3) is 5.37. The van der Waals surface area contributed by atoms with E-state index in [0.29, 0.717) is 12.3 Å². The number of ether oxygens (including phenoxy) is 2. The van der Waals surface area contributed by atoms with Crippen molar-refractivity contribution in [3.63, 3.8) is 0 Å². The number of hydrogen-bond donors (Lipinski definition) is 1. The molecule has 0 aliphatic heterocycles. The summed E-state index contributed by atoms with van der Waals surface area (Å²) in [7, 11) is 1.79. The van der Waals surface area contributed by atoms with Crippen LogP contribution in [0.3, 0.4) is 0 Å². The predicted octanol–water partition coefficient (Wildman–Crippen LogP) is 2.63. The Morgan fingerprint density at radius 1 is 1.22 bits per heavy atom. The van der Waals surface area contributed by atoms with Gasteiger partial charge in [0.2, 0.25) is 0 Å². The average molecular weight is 263 g/mol. The summed E-state index contributed by atoms with van der Waals surface area (Å²) in [6.07, 6.45) is -4.61. The summed E-state index contributed by atoms with van der Waals surface area (Å²) in [5.41, 5.74) is 1.98. The Balaban J connectivity index is 2.51. The average Bonchev–Trinajstić information content (AvgIpc) is 2.26. The molecule has 18 heavy (non-hydrogen) atoms. The van der Waals surface area contributed by atoms with Crippen molar-refractivity contribution in [3.05, 3.63) is 29.3 Å². The van der Waals surface area contributed by atoms with Gasteiger partial charge in [-0.25, -0.2) is 0 Å². The molecule has 0 saturated carbocycles. The maximum Gasteiger partial charge on any atom is 0.522 e. The van der Waals surface area contributed by atoms with Crippen LogP contribution < -0.4 is 10.1 Å². The molecule has 0 saturated heterocycles. The fourth-order valence-electron chi connectivity index (χ4n) is 1.49. The molecule has 1 rings (SSSR count). The Hall–Kier alpha value is -1.27. The van der Waals surface area contributed by atoms with Gasteiger partial charge in [0.1, 0.15) is 12.4 Å². The van der Waals surface area contributed by atoms with Crippen LogP contribution in [0.1, 0.15) is 11.1 Å². The zero-order valence-electron chi connectivity index (χ0n) is 10.3. The van der Waals surface area contributed by atoms with Gasteiger partial charge in [0.15, 0.2) is 0 Å². The first-order chi connectivity index (χ1) is 8.42. The lowest BCUT2D eigenvalue weighted by molar-refractivity contribution is -0.325. The largest absolute Gasteiger partial charge is 0.522 e. The van der Waals surface area contributed by atoms with E-state index in [1.807, 2.05) is 19.1 Å². The van der Waals surface area contributed by atoms with E-state index in [0.717, 1.165) is 11.1 Å². The molecule has 1 N–H and O–H groups in total. The molecule has 1 aromatic rings. The van der Waals surface area contributed by atoms with Crippen LogP contribution in [0.25, 0.3) is 0 Å². The van der Waals surface area contributed by atoms with E-state index in [9.17, 15) is 13.2 Å². The SMILES string of the molecule is CNCc1cc(C)ccc1OCCOC(F)(F)F. The van der Waals surface area contributed by atoms with Gasteiger partial charge in [0.25, 0.3) is 0 Å². The standard InChI is InChI=1S/C12H16F3NO2/c1-9-3-4-11(10(7-9)8-16-2)17-5-6-18-12(13,14)15/h3-4,7,16H,5-6,8H2,1-2H3. The molecule has 102 valence electrons. The maximum atomic E-state index is 11.7. The molecular weight excluding hydrogens is 247 g/mol. The van der Waals surface area contributed by atoms with Crippen LogP contribution in [0, 0.1) is 6.92 Å². The number of nitrogens with one attached hydrogen (secondary N) is 1. The van der Waals surface area contributed by atoms with Crippen molar-refractivity contribution in [2.75, 3.05) is 20.3 Å². The highest BCUT2D eigenvalue weighted by atomic mass is 19.4. The highest BCUT2D eigenvalue weighted by Crippen LogP contribution is 2.20. The van der Waals surface area contributed by atoms with Gasteiger partial charge in [-0.15, -0.1) is 13.2 Å². The molecule has 0 atom stereocenters. The Labute approximate surface area is 104 Å². The summed E-state index contributed by atoms with van der Waals surface area (Å²) in [6.45, 7) is 1.88. The number of aryl methyl sites for hydroxylation is 1. The Bertz CT molecular complexity index is 380. The second kappa shape index (κ2) is 6.61. The molecule has 0 aromatic heterocycles. The van der Waals surface area contributed by atoms with Gasteiger partial charge in [-0.05, 0) is 20.0 Å². The minimum absolute atomic E-state index is 0.140. The minimum Gasteiger partial charge on any atom is -0.491 e. The highest BCUT2D eigenvalue weighted by molar-refractivity contribution is 5.36. The fraction of sp³-hybridized carbons (Fsp3) is 0.500. The van der Waals surface area contributed by atoms with E-state index in [-0.39, 0.29) is 6.61 Å². The second-order valence-corrected chi connectivity index (χ2v) is 3.78. The molecule has 0 radical (unpaired) electrons. The summed E-state index contributed by atoms with van der Waals surface area (Å²) in [5.74, 6) is 0.570. The third-order valence-corrected chi connectivity index (χ3v) is 2.19. The third-order valence-electron chi connectivity index (χ3n) is 2.19. The Morgan fingerprint density at radius 2 is 1.94 bits per heavy atom. The van der Waals surface area contributed by atoms with Crippen molar-refractivity contribution in [2.24, 2.45) is 0 Å². The zero-order chi connectivity index (χ0) is 13.6. The normalized spacial score (nSPS) is 11.6. The van der Waals surface area contributed by atoms with E-state index in [1.165, 1.54) is 0 Å². The van der Waals surface area contributed by atoms with Crippen LogP contribution in [-0.2, 0) is 11.3 Å². The molecule has 0 aliphatic rings. The van der Waals surface area contributed by atoms with Gasteiger partial charge < -0.3 is 10.1 Å². The van der Waals surface area contributed by atoms with E-state index >= 15 is 0 Å². The smallest absolute Gasteiger partial charge is 0.491 e. The molecule has 0 aliphatic carbocycles. The number of halogens is 3. The summed E-state index contributed by atoms with van der Waals surface area (Å²) < 4.78 is 44.1. The predicted molar refractivity (Wildman–Crippen MR) is 61.4 cm³/mol. The van der Waals surface area contributed by atoms with Crippen molar-refractivity contribution < 1.29 is 22.6 Å². The molecule has 0 bridgehead atoms. The van der Waals surface area contributed by atoms with Crippen LogP contribution in [0.4, 0.5) is 13.2 Å². The van der Waals surface area contributed by atoms with Crippen LogP contribution in [0.5, 0.6) is 5.75 Å². The Kier molecular flexibility index (Phi) is 5.43. The topological polar surface area (TPSA) is 30.5 Å². The van der Waals surface area contributed by atoms with Crippen LogP contribution in [0.15, 0.2) is 18.2 Å². The first-order valence-electron chi connectivity index (χ1n) is 5.50. The van der Waals surface area contributed by atoms with Crippen molar-refractivity contribution >= 4 is 0 Å². The van der Waals surface area contributed by atoms with E-state index < -0.39 is 13.0 Å². The van der Waals surface area contributed by atoms with Crippen molar-refractivity contribution in [1.82, 2.24) is 5.32 Å².